The number of rotatable bonds is 7. The van der Waals surface area contributed by atoms with E-state index in [9.17, 15) is 0 Å². The zero-order valence-corrected chi connectivity index (χ0v) is 18.6. The fourth-order valence-electron chi connectivity index (χ4n) is 2.77. The third kappa shape index (κ3) is 6.67. The van der Waals surface area contributed by atoms with Gasteiger partial charge in [0.05, 0.1) is 12.7 Å². The zero-order valence-electron chi connectivity index (χ0n) is 16.3. The Morgan fingerprint density at radius 1 is 1.04 bits per heavy atom. The highest BCUT2D eigenvalue weighted by Gasteiger charge is 2.07. The van der Waals surface area contributed by atoms with Crippen LogP contribution in [-0.2, 0) is 13.0 Å². The summed E-state index contributed by atoms with van der Waals surface area (Å²) >= 11 is 0. The van der Waals surface area contributed by atoms with Gasteiger partial charge in [-0.2, -0.15) is 0 Å². The van der Waals surface area contributed by atoms with Gasteiger partial charge in [0.2, 0.25) is 5.89 Å². The predicted octanol–water partition coefficient (Wildman–Crippen LogP) is 4.57. The van der Waals surface area contributed by atoms with Crippen molar-refractivity contribution in [2.45, 2.75) is 26.3 Å². The van der Waals surface area contributed by atoms with Crippen molar-refractivity contribution in [3.63, 3.8) is 0 Å². The Morgan fingerprint density at radius 2 is 1.79 bits per heavy atom. The van der Waals surface area contributed by atoms with Crippen molar-refractivity contribution in [1.29, 1.82) is 0 Å². The molecule has 1 aromatic heterocycles. The van der Waals surface area contributed by atoms with Crippen molar-refractivity contribution in [3.05, 3.63) is 77.8 Å². The molecule has 1 heterocycles. The van der Waals surface area contributed by atoms with Gasteiger partial charge in [0, 0.05) is 19.2 Å². The van der Waals surface area contributed by atoms with E-state index < -0.39 is 0 Å². The fraction of sp³-hybridized carbons (Fsp3) is 0.273. The molecule has 148 valence electrons. The van der Waals surface area contributed by atoms with Crippen molar-refractivity contribution in [2.75, 3.05) is 13.6 Å². The SMILES string of the molecule is CN=C(NCCCc1ccccc1)NCc1ncc(-c2ccc(C)cc2)o1.I. The molecule has 0 aliphatic rings. The number of benzene rings is 2. The smallest absolute Gasteiger partial charge is 0.214 e. The molecule has 0 unspecified atom stereocenters. The second-order valence-electron chi connectivity index (χ2n) is 6.43. The summed E-state index contributed by atoms with van der Waals surface area (Å²) in [5.41, 5.74) is 3.61. The van der Waals surface area contributed by atoms with E-state index in [1.807, 2.05) is 18.2 Å². The summed E-state index contributed by atoms with van der Waals surface area (Å²) in [5.74, 6) is 2.16. The first-order valence-corrected chi connectivity index (χ1v) is 9.25. The molecular formula is C22H27IN4O. The van der Waals surface area contributed by atoms with Crippen molar-refractivity contribution in [1.82, 2.24) is 15.6 Å². The third-order valence-corrected chi connectivity index (χ3v) is 4.30. The Kier molecular flexibility index (Phi) is 9.00. The summed E-state index contributed by atoms with van der Waals surface area (Å²) in [5, 5.41) is 6.57. The maximum atomic E-state index is 5.83. The van der Waals surface area contributed by atoms with E-state index in [2.05, 4.69) is 63.9 Å². The summed E-state index contributed by atoms with van der Waals surface area (Å²) in [6.45, 7) is 3.41. The maximum Gasteiger partial charge on any atom is 0.214 e. The number of aryl methyl sites for hydroxylation is 2. The molecule has 0 saturated carbocycles. The van der Waals surface area contributed by atoms with Crippen LogP contribution >= 0.6 is 24.0 Å². The van der Waals surface area contributed by atoms with Gasteiger partial charge < -0.3 is 15.1 Å². The molecule has 0 spiro atoms. The molecule has 5 nitrogen and oxygen atoms in total. The molecular weight excluding hydrogens is 463 g/mol. The number of nitrogens with one attached hydrogen (secondary N) is 2. The molecule has 28 heavy (non-hydrogen) atoms. The van der Waals surface area contributed by atoms with Crippen LogP contribution in [-0.4, -0.2) is 24.5 Å². The molecule has 3 rings (SSSR count). The quantitative estimate of drug-likeness (QED) is 0.221. The molecule has 0 fully saturated rings. The van der Waals surface area contributed by atoms with Crippen LogP contribution < -0.4 is 10.6 Å². The van der Waals surface area contributed by atoms with Crippen molar-refractivity contribution >= 4 is 29.9 Å². The van der Waals surface area contributed by atoms with Gasteiger partial charge in [-0.15, -0.1) is 24.0 Å². The van der Waals surface area contributed by atoms with Crippen LogP contribution in [0, 0.1) is 6.92 Å². The number of aliphatic imine (C=N–C) groups is 1. The molecule has 0 bridgehead atoms. The van der Waals surface area contributed by atoms with Gasteiger partial charge in [-0.05, 0) is 25.3 Å². The maximum absolute atomic E-state index is 5.83. The summed E-state index contributed by atoms with van der Waals surface area (Å²) in [7, 11) is 1.76. The molecule has 0 aliphatic carbocycles. The highest BCUT2D eigenvalue weighted by molar-refractivity contribution is 14.0. The van der Waals surface area contributed by atoms with E-state index in [-0.39, 0.29) is 24.0 Å². The standard InChI is InChI=1S/C22H26N4O.HI/c1-17-10-12-19(13-11-17)20-15-25-21(27-20)16-26-22(23-2)24-14-6-9-18-7-4-3-5-8-18;/h3-5,7-8,10-13,15H,6,9,14,16H2,1-2H3,(H2,23,24,26);1H. The first kappa shape index (κ1) is 21.9. The fourth-order valence-corrected chi connectivity index (χ4v) is 2.77. The molecule has 0 atom stereocenters. The van der Waals surface area contributed by atoms with Gasteiger partial charge in [0.1, 0.15) is 0 Å². The van der Waals surface area contributed by atoms with Crippen LogP contribution in [0.2, 0.25) is 0 Å². The second kappa shape index (κ2) is 11.5. The predicted molar refractivity (Wildman–Crippen MR) is 125 cm³/mol. The van der Waals surface area contributed by atoms with E-state index >= 15 is 0 Å². The van der Waals surface area contributed by atoms with Gasteiger partial charge >= 0.3 is 0 Å². The molecule has 3 aromatic rings. The van der Waals surface area contributed by atoms with Crippen molar-refractivity contribution in [3.8, 4) is 11.3 Å². The third-order valence-electron chi connectivity index (χ3n) is 4.30. The Labute approximate surface area is 183 Å². The number of nitrogens with zero attached hydrogens (tertiary/aromatic N) is 2. The minimum Gasteiger partial charge on any atom is -0.439 e. The van der Waals surface area contributed by atoms with Crippen LogP contribution in [0.15, 0.2) is 70.2 Å². The second-order valence-corrected chi connectivity index (χ2v) is 6.43. The van der Waals surface area contributed by atoms with E-state index in [0.29, 0.717) is 12.4 Å². The van der Waals surface area contributed by atoms with E-state index in [0.717, 1.165) is 36.7 Å². The van der Waals surface area contributed by atoms with Gasteiger partial charge in [-0.1, -0.05) is 60.2 Å². The Morgan fingerprint density at radius 3 is 2.50 bits per heavy atom. The van der Waals surface area contributed by atoms with Gasteiger partial charge in [0.25, 0.3) is 0 Å². The molecule has 2 N–H and O–H groups in total. The average molecular weight is 490 g/mol. The monoisotopic (exact) mass is 490 g/mol. The van der Waals surface area contributed by atoms with Crippen LogP contribution in [0.3, 0.4) is 0 Å². The van der Waals surface area contributed by atoms with E-state index in [1.165, 1.54) is 11.1 Å². The molecule has 0 aliphatic heterocycles. The summed E-state index contributed by atoms with van der Waals surface area (Å²) in [6.07, 6.45) is 3.85. The number of oxazole rings is 1. The number of halogens is 1. The minimum atomic E-state index is 0. The lowest BCUT2D eigenvalue weighted by Crippen LogP contribution is -2.37. The number of hydrogen-bond donors (Lipinski definition) is 2. The topological polar surface area (TPSA) is 62.5 Å². The lowest BCUT2D eigenvalue weighted by molar-refractivity contribution is 0.497. The van der Waals surface area contributed by atoms with Crippen LogP contribution in [0.4, 0.5) is 0 Å². The molecule has 2 aromatic carbocycles. The lowest BCUT2D eigenvalue weighted by atomic mass is 10.1. The number of aromatic nitrogens is 1. The van der Waals surface area contributed by atoms with E-state index in [1.54, 1.807) is 13.2 Å². The summed E-state index contributed by atoms with van der Waals surface area (Å²) < 4.78 is 5.83. The van der Waals surface area contributed by atoms with Crippen LogP contribution in [0.1, 0.15) is 23.4 Å². The first-order valence-electron chi connectivity index (χ1n) is 9.25. The van der Waals surface area contributed by atoms with Crippen molar-refractivity contribution in [2.24, 2.45) is 4.99 Å². The number of hydrogen-bond acceptors (Lipinski definition) is 3. The normalized spacial score (nSPS) is 11.0. The Bertz CT molecular complexity index is 860. The van der Waals surface area contributed by atoms with Crippen LogP contribution in [0.5, 0.6) is 0 Å². The van der Waals surface area contributed by atoms with Crippen LogP contribution in [0.25, 0.3) is 11.3 Å². The molecule has 0 amide bonds. The molecule has 0 radical (unpaired) electrons. The first-order chi connectivity index (χ1) is 13.2. The number of guanidine groups is 1. The largest absolute Gasteiger partial charge is 0.439 e. The summed E-state index contributed by atoms with van der Waals surface area (Å²) in [4.78, 5) is 8.59. The van der Waals surface area contributed by atoms with E-state index in [4.69, 9.17) is 4.42 Å². The Hall–Kier alpha value is -2.35. The minimum absolute atomic E-state index is 0. The average Bonchev–Trinajstić information content (AvgIpc) is 3.18. The zero-order chi connectivity index (χ0) is 18.9. The highest BCUT2D eigenvalue weighted by atomic mass is 127. The van der Waals surface area contributed by atoms with Crippen molar-refractivity contribution < 1.29 is 4.42 Å². The Balaban J connectivity index is 0.00000280. The highest BCUT2D eigenvalue weighted by Crippen LogP contribution is 2.20. The summed E-state index contributed by atoms with van der Waals surface area (Å²) in [6, 6.07) is 18.7. The lowest BCUT2D eigenvalue weighted by Gasteiger charge is -2.10. The molecule has 6 heteroatoms. The van der Waals surface area contributed by atoms with Gasteiger partial charge in [0.15, 0.2) is 11.7 Å². The van der Waals surface area contributed by atoms with Gasteiger partial charge in [-0.25, -0.2) is 4.98 Å². The van der Waals surface area contributed by atoms with Gasteiger partial charge in [-0.3, -0.25) is 4.99 Å². The molecule has 0 saturated heterocycles.